The molecule has 0 heterocycles. The molecule has 0 bridgehead atoms. The van der Waals surface area contributed by atoms with Crippen LogP contribution in [0.4, 0.5) is 0 Å². The van der Waals surface area contributed by atoms with E-state index in [4.69, 9.17) is 4.74 Å². The molecule has 5 heteroatoms. The van der Waals surface area contributed by atoms with Crippen molar-refractivity contribution >= 4 is 21.8 Å². The number of hydrogen-bond acceptors (Lipinski definition) is 3. The Labute approximate surface area is 115 Å². The third-order valence-corrected chi connectivity index (χ3v) is 3.27. The molecule has 2 N–H and O–H groups in total. The Hall–Kier alpha value is -1.07. The molecule has 0 aliphatic rings. The smallest absolute Gasteiger partial charge is 0.251 e. The van der Waals surface area contributed by atoms with Crippen molar-refractivity contribution in [2.24, 2.45) is 0 Å². The van der Waals surface area contributed by atoms with E-state index in [-0.39, 0.29) is 16.5 Å². The van der Waals surface area contributed by atoms with Gasteiger partial charge in [-0.15, -0.1) is 0 Å². The maximum Gasteiger partial charge on any atom is 0.251 e. The third-order valence-electron chi connectivity index (χ3n) is 2.55. The van der Waals surface area contributed by atoms with Crippen LogP contribution in [0.1, 0.15) is 22.3 Å². The molecule has 18 heavy (non-hydrogen) atoms. The lowest BCUT2D eigenvalue weighted by molar-refractivity contribution is 0.0952. The number of carbonyl (C=O) groups is 1. The molecule has 1 unspecified atom stereocenters. The first kappa shape index (κ1) is 15.0. The summed E-state index contributed by atoms with van der Waals surface area (Å²) in [4.78, 5) is 12.0. The summed E-state index contributed by atoms with van der Waals surface area (Å²) in [5, 5.41) is 12.2. The second kappa shape index (κ2) is 7.38. The number of amides is 1. The average molecular weight is 316 g/mol. The Kier molecular flexibility index (Phi) is 6.15. The zero-order valence-electron chi connectivity index (χ0n) is 10.6. The second-order valence-electron chi connectivity index (χ2n) is 4.10. The van der Waals surface area contributed by atoms with Gasteiger partial charge in [-0.2, -0.15) is 0 Å². The lowest BCUT2D eigenvalue weighted by Crippen LogP contribution is -2.26. The molecule has 1 aromatic rings. The van der Waals surface area contributed by atoms with Crippen LogP contribution in [0.2, 0.25) is 0 Å². The van der Waals surface area contributed by atoms with E-state index in [0.29, 0.717) is 24.3 Å². The number of carbonyl (C=O) groups excluding carboxylic acids is 1. The lowest BCUT2D eigenvalue weighted by atomic mass is 10.1. The number of ether oxygens (including phenoxy) is 1. The molecule has 1 atom stereocenters. The molecule has 0 radical (unpaired) electrons. The summed E-state index contributed by atoms with van der Waals surface area (Å²) >= 11 is 3.46. The molecule has 4 nitrogen and oxygen atoms in total. The Morgan fingerprint density at radius 1 is 1.56 bits per heavy atom. The first-order valence-electron chi connectivity index (χ1n) is 5.75. The molecule has 0 aliphatic heterocycles. The summed E-state index contributed by atoms with van der Waals surface area (Å²) in [6.45, 7) is 2.96. The number of methoxy groups -OCH3 is 1. The van der Waals surface area contributed by atoms with Crippen molar-refractivity contribution in [2.45, 2.75) is 18.2 Å². The van der Waals surface area contributed by atoms with Gasteiger partial charge in [0, 0.05) is 24.0 Å². The summed E-state index contributed by atoms with van der Waals surface area (Å²) in [5.41, 5.74) is 1.25. The molecule has 0 saturated heterocycles. The molecule has 0 fully saturated rings. The normalized spacial score (nSPS) is 12.2. The highest BCUT2D eigenvalue weighted by atomic mass is 79.9. The highest BCUT2D eigenvalue weighted by Gasteiger charge is 2.08. The van der Waals surface area contributed by atoms with Crippen LogP contribution < -0.4 is 5.32 Å². The number of phenolic OH excluding ortho intramolecular Hbond substituents is 1. The van der Waals surface area contributed by atoms with Gasteiger partial charge in [-0.3, -0.25) is 4.79 Å². The van der Waals surface area contributed by atoms with Gasteiger partial charge >= 0.3 is 0 Å². The topological polar surface area (TPSA) is 58.6 Å². The Morgan fingerprint density at radius 2 is 2.28 bits per heavy atom. The van der Waals surface area contributed by atoms with Gasteiger partial charge in [0.25, 0.3) is 5.91 Å². The molecule has 100 valence electrons. The van der Waals surface area contributed by atoms with Gasteiger partial charge in [0.05, 0.1) is 6.61 Å². The number of aryl methyl sites for hydroxylation is 1. The van der Waals surface area contributed by atoms with Crippen LogP contribution in [0.5, 0.6) is 5.75 Å². The van der Waals surface area contributed by atoms with Crippen LogP contribution >= 0.6 is 15.9 Å². The molecule has 0 saturated carbocycles. The first-order chi connectivity index (χ1) is 8.54. The van der Waals surface area contributed by atoms with E-state index in [0.717, 1.165) is 6.42 Å². The molecule has 1 rings (SSSR count). The highest BCUT2D eigenvalue weighted by Crippen LogP contribution is 2.16. The molecular formula is C13H18BrNO3. The molecular weight excluding hydrogens is 298 g/mol. The molecule has 0 aliphatic carbocycles. The number of alkyl halides is 1. The van der Waals surface area contributed by atoms with E-state index in [1.165, 1.54) is 6.07 Å². The van der Waals surface area contributed by atoms with Gasteiger partial charge < -0.3 is 15.2 Å². The summed E-state index contributed by atoms with van der Waals surface area (Å²) in [6, 6.07) is 4.81. The number of benzene rings is 1. The number of aromatic hydroxyl groups is 1. The fourth-order valence-corrected chi connectivity index (χ4v) is 2.00. The van der Waals surface area contributed by atoms with Gasteiger partial charge in [-0.1, -0.05) is 15.9 Å². The van der Waals surface area contributed by atoms with Crippen molar-refractivity contribution in [3.8, 4) is 5.75 Å². The quantitative estimate of drug-likeness (QED) is 0.791. The Morgan fingerprint density at radius 3 is 2.89 bits per heavy atom. The molecule has 0 spiro atoms. The van der Waals surface area contributed by atoms with Gasteiger partial charge in [0.2, 0.25) is 0 Å². The zero-order valence-corrected chi connectivity index (χ0v) is 12.2. The predicted octanol–water partition coefficient (Wildman–Crippen LogP) is 2.23. The van der Waals surface area contributed by atoms with Crippen molar-refractivity contribution < 1.29 is 14.6 Å². The molecule has 0 aromatic heterocycles. The van der Waals surface area contributed by atoms with E-state index in [1.54, 1.807) is 26.2 Å². The minimum atomic E-state index is -0.129. The SMILES string of the molecule is COCC(Br)CCNC(=O)c1ccc(O)c(C)c1. The van der Waals surface area contributed by atoms with Gasteiger partial charge in [-0.05, 0) is 37.1 Å². The number of halogens is 1. The van der Waals surface area contributed by atoms with E-state index < -0.39 is 0 Å². The van der Waals surface area contributed by atoms with Gasteiger partial charge in [0.1, 0.15) is 5.75 Å². The standard InChI is InChI=1S/C13H18BrNO3/c1-9-7-10(3-4-12(9)16)13(17)15-6-5-11(14)8-18-2/h3-4,7,11,16H,5-6,8H2,1-2H3,(H,15,17). The number of hydrogen-bond donors (Lipinski definition) is 2. The lowest BCUT2D eigenvalue weighted by Gasteiger charge is -2.10. The van der Waals surface area contributed by atoms with E-state index in [2.05, 4.69) is 21.2 Å². The van der Waals surface area contributed by atoms with E-state index in [9.17, 15) is 9.90 Å². The van der Waals surface area contributed by atoms with E-state index >= 15 is 0 Å². The molecule has 1 amide bonds. The van der Waals surface area contributed by atoms with Crippen molar-refractivity contribution in [3.05, 3.63) is 29.3 Å². The maximum atomic E-state index is 11.8. The Bertz CT molecular complexity index is 409. The predicted molar refractivity (Wildman–Crippen MR) is 74.4 cm³/mol. The number of rotatable bonds is 6. The average Bonchev–Trinajstić information content (AvgIpc) is 2.33. The van der Waals surface area contributed by atoms with Crippen LogP contribution in [0.3, 0.4) is 0 Å². The highest BCUT2D eigenvalue weighted by molar-refractivity contribution is 9.09. The summed E-state index contributed by atoms with van der Waals surface area (Å²) in [5.74, 6) is 0.0717. The van der Waals surface area contributed by atoms with Crippen molar-refractivity contribution in [3.63, 3.8) is 0 Å². The monoisotopic (exact) mass is 315 g/mol. The summed E-state index contributed by atoms with van der Waals surface area (Å²) in [7, 11) is 1.64. The van der Waals surface area contributed by atoms with Gasteiger partial charge in [0.15, 0.2) is 0 Å². The van der Waals surface area contributed by atoms with Crippen LogP contribution in [-0.4, -0.2) is 36.1 Å². The molecule has 1 aromatic carbocycles. The van der Waals surface area contributed by atoms with Crippen LogP contribution in [0.15, 0.2) is 18.2 Å². The maximum absolute atomic E-state index is 11.8. The zero-order chi connectivity index (χ0) is 13.5. The minimum absolute atomic E-state index is 0.129. The fourth-order valence-electron chi connectivity index (χ4n) is 1.51. The summed E-state index contributed by atoms with van der Waals surface area (Å²) < 4.78 is 4.99. The van der Waals surface area contributed by atoms with Crippen LogP contribution in [0.25, 0.3) is 0 Å². The Balaban J connectivity index is 2.43. The second-order valence-corrected chi connectivity index (χ2v) is 5.39. The van der Waals surface area contributed by atoms with Crippen LogP contribution in [-0.2, 0) is 4.74 Å². The largest absolute Gasteiger partial charge is 0.508 e. The van der Waals surface area contributed by atoms with Crippen molar-refractivity contribution in [1.82, 2.24) is 5.32 Å². The van der Waals surface area contributed by atoms with Gasteiger partial charge in [-0.25, -0.2) is 0 Å². The minimum Gasteiger partial charge on any atom is -0.508 e. The first-order valence-corrected chi connectivity index (χ1v) is 6.67. The third kappa shape index (κ3) is 4.66. The summed E-state index contributed by atoms with van der Waals surface area (Å²) in [6.07, 6.45) is 0.802. The van der Waals surface area contributed by atoms with E-state index in [1.807, 2.05) is 0 Å². The van der Waals surface area contributed by atoms with Crippen molar-refractivity contribution in [1.29, 1.82) is 0 Å². The van der Waals surface area contributed by atoms with Crippen molar-refractivity contribution in [2.75, 3.05) is 20.3 Å². The number of nitrogens with one attached hydrogen (secondary N) is 1. The van der Waals surface area contributed by atoms with Crippen LogP contribution in [0, 0.1) is 6.92 Å². The fraction of sp³-hybridized carbons (Fsp3) is 0.462. The number of phenols is 1.